The average molecular weight is 312 g/mol. The van der Waals surface area contributed by atoms with Crippen LogP contribution >= 0.6 is 15.9 Å². The molecule has 0 aliphatic carbocycles. The lowest BCUT2D eigenvalue weighted by Gasteiger charge is -2.25. The summed E-state index contributed by atoms with van der Waals surface area (Å²) in [6.45, 7) is 8.82. The number of morpholine rings is 1. The molecule has 0 radical (unpaired) electrons. The standard InChI is InChI=1S/C14H18BrNO2/c1-10(2)9-18-12-5-3-4-11(14(12)15)13-8-16-6-7-17-13/h3-5,13,16H,1,6-9H2,2H3. The first-order chi connectivity index (χ1) is 8.68. The number of nitrogens with one attached hydrogen (secondary N) is 1. The van der Waals surface area contributed by atoms with Crippen LogP contribution in [0, 0.1) is 0 Å². The summed E-state index contributed by atoms with van der Waals surface area (Å²) in [5.41, 5.74) is 2.13. The normalized spacial score (nSPS) is 19.6. The lowest BCUT2D eigenvalue weighted by molar-refractivity contribution is 0.0271. The van der Waals surface area contributed by atoms with E-state index in [2.05, 4.69) is 33.9 Å². The summed E-state index contributed by atoms with van der Waals surface area (Å²) in [7, 11) is 0. The second kappa shape index (κ2) is 6.36. The maximum Gasteiger partial charge on any atom is 0.134 e. The zero-order valence-electron chi connectivity index (χ0n) is 10.5. The molecule has 0 saturated carbocycles. The van der Waals surface area contributed by atoms with E-state index in [4.69, 9.17) is 9.47 Å². The number of halogens is 1. The SMILES string of the molecule is C=C(C)COc1cccc(C2CNCCO2)c1Br. The average Bonchev–Trinajstić information content (AvgIpc) is 2.38. The highest BCUT2D eigenvalue weighted by atomic mass is 79.9. The second-order valence-electron chi connectivity index (χ2n) is 4.47. The molecule has 1 aliphatic heterocycles. The number of benzene rings is 1. The largest absolute Gasteiger partial charge is 0.488 e. The van der Waals surface area contributed by atoms with Crippen LogP contribution in [0.3, 0.4) is 0 Å². The molecule has 4 heteroatoms. The van der Waals surface area contributed by atoms with Gasteiger partial charge < -0.3 is 14.8 Å². The van der Waals surface area contributed by atoms with Crippen molar-refractivity contribution in [3.05, 3.63) is 40.4 Å². The van der Waals surface area contributed by atoms with Crippen molar-refractivity contribution in [3.63, 3.8) is 0 Å². The lowest BCUT2D eigenvalue weighted by Crippen LogP contribution is -2.33. The monoisotopic (exact) mass is 311 g/mol. The fourth-order valence-corrected chi connectivity index (χ4v) is 2.49. The van der Waals surface area contributed by atoms with Gasteiger partial charge in [0.2, 0.25) is 0 Å². The van der Waals surface area contributed by atoms with Crippen molar-refractivity contribution in [1.82, 2.24) is 5.32 Å². The Morgan fingerprint density at radius 1 is 1.61 bits per heavy atom. The van der Waals surface area contributed by atoms with E-state index in [1.165, 1.54) is 0 Å². The van der Waals surface area contributed by atoms with E-state index in [9.17, 15) is 0 Å². The Morgan fingerprint density at radius 2 is 2.44 bits per heavy atom. The van der Waals surface area contributed by atoms with Gasteiger partial charge in [0.1, 0.15) is 12.4 Å². The van der Waals surface area contributed by atoms with Crippen molar-refractivity contribution in [2.24, 2.45) is 0 Å². The van der Waals surface area contributed by atoms with Crippen LogP contribution in [0.2, 0.25) is 0 Å². The maximum absolute atomic E-state index is 5.76. The van der Waals surface area contributed by atoms with Gasteiger partial charge in [-0.05, 0) is 40.1 Å². The molecule has 1 N–H and O–H groups in total. The molecule has 1 heterocycles. The van der Waals surface area contributed by atoms with Crippen molar-refractivity contribution in [1.29, 1.82) is 0 Å². The molecule has 0 bridgehead atoms. The number of hydrogen-bond acceptors (Lipinski definition) is 3. The highest BCUT2D eigenvalue weighted by molar-refractivity contribution is 9.10. The number of ether oxygens (including phenoxy) is 2. The predicted molar refractivity (Wildman–Crippen MR) is 76.0 cm³/mol. The Labute approximate surface area is 116 Å². The molecule has 0 aromatic heterocycles. The van der Waals surface area contributed by atoms with Crippen molar-refractivity contribution in [2.45, 2.75) is 13.0 Å². The van der Waals surface area contributed by atoms with Gasteiger partial charge in [0.25, 0.3) is 0 Å². The van der Waals surface area contributed by atoms with Crippen LogP contribution in [0.5, 0.6) is 5.75 Å². The van der Waals surface area contributed by atoms with E-state index in [0.29, 0.717) is 6.61 Å². The summed E-state index contributed by atoms with van der Waals surface area (Å²) in [6, 6.07) is 6.01. The lowest BCUT2D eigenvalue weighted by atomic mass is 10.1. The van der Waals surface area contributed by atoms with Crippen molar-refractivity contribution in [2.75, 3.05) is 26.3 Å². The van der Waals surface area contributed by atoms with Gasteiger partial charge in [-0.15, -0.1) is 0 Å². The molecule has 98 valence electrons. The van der Waals surface area contributed by atoms with E-state index in [1.54, 1.807) is 0 Å². The molecule has 0 spiro atoms. The summed E-state index contributed by atoms with van der Waals surface area (Å²) < 4.78 is 12.4. The second-order valence-corrected chi connectivity index (χ2v) is 5.26. The Morgan fingerprint density at radius 3 is 3.11 bits per heavy atom. The van der Waals surface area contributed by atoms with Crippen LogP contribution < -0.4 is 10.1 Å². The number of rotatable bonds is 4. The topological polar surface area (TPSA) is 30.5 Å². The fourth-order valence-electron chi connectivity index (χ4n) is 1.85. The Bertz CT molecular complexity index is 428. The minimum Gasteiger partial charge on any atom is -0.488 e. The smallest absolute Gasteiger partial charge is 0.134 e. The Hall–Kier alpha value is -0.840. The summed E-state index contributed by atoms with van der Waals surface area (Å²) >= 11 is 3.60. The Kier molecular flexibility index (Phi) is 4.80. The van der Waals surface area contributed by atoms with E-state index in [0.717, 1.165) is 41.1 Å². The van der Waals surface area contributed by atoms with Gasteiger partial charge in [0, 0.05) is 13.1 Å². The van der Waals surface area contributed by atoms with Crippen LogP contribution in [-0.4, -0.2) is 26.3 Å². The summed E-state index contributed by atoms with van der Waals surface area (Å²) in [6.07, 6.45) is 0.0847. The maximum atomic E-state index is 5.76. The molecule has 1 unspecified atom stereocenters. The minimum atomic E-state index is 0.0847. The molecule has 1 fully saturated rings. The fraction of sp³-hybridized carbons (Fsp3) is 0.429. The van der Waals surface area contributed by atoms with Crippen LogP contribution in [0.25, 0.3) is 0 Å². The zero-order chi connectivity index (χ0) is 13.0. The predicted octanol–water partition coefficient (Wildman–Crippen LogP) is 3.06. The molecule has 1 aliphatic rings. The molecule has 1 aromatic carbocycles. The number of hydrogen-bond donors (Lipinski definition) is 1. The van der Waals surface area contributed by atoms with Crippen LogP contribution in [0.1, 0.15) is 18.6 Å². The molecule has 1 atom stereocenters. The van der Waals surface area contributed by atoms with Gasteiger partial charge >= 0.3 is 0 Å². The third-order valence-corrected chi connectivity index (χ3v) is 3.59. The Balaban J connectivity index is 2.15. The van der Waals surface area contributed by atoms with Gasteiger partial charge in [-0.1, -0.05) is 18.7 Å². The molecule has 18 heavy (non-hydrogen) atoms. The first-order valence-corrected chi connectivity index (χ1v) is 6.85. The van der Waals surface area contributed by atoms with E-state index < -0.39 is 0 Å². The van der Waals surface area contributed by atoms with Gasteiger partial charge in [0.05, 0.1) is 17.2 Å². The zero-order valence-corrected chi connectivity index (χ0v) is 12.1. The molecule has 1 aromatic rings. The van der Waals surface area contributed by atoms with Gasteiger partial charge in [0.15, 0.2) is 0 Å². The third-order valence-electron chi connectivity index (χ3n) is 2.74. The highest BCUT2D eigenvalue weighted by Crippen LogP contribution is 2.34. The highest BCUT2D eigenvalue weighted by Gasteiger charge is 2.19. The van der Waals surface area contributed by atoms with Crippen LogP contribution in [0.4, 0.5) is 0 Å². The minimum absolute atomic E-state index is 0.0847. The van der Waals surface area contributed by atoms with Gasteiger partial charge in [-0.3, -0.25) is 0 Å². The first kappa shape index (κ1) is 13.6. The van der Waals surface area contributed by atoms with E-state index in [1.807, 2.05) is 19.1 Å². The summed E-state index contributed by atoms with van der Waals surface area (Å²) in [5, 5.41) is 3.33. The third kappa shape index (κ3) is 3.34. The van der Waals surface area contributed by atoms with Gasteiger partial charge in [-0.25, -0.2) is 0 Å². The van der Waals surface area contributed by atoms with Gasteiger partial charge in [-0.2, -0.15) is 0 Å². The molecular formula is C14H18BrNO2. The molecule has 0 amide bonds. The summed E-state index contributed by atoms with van der Waals surface area (Å²) in [4.78, 5) is 0. The first-order valence-electron chi connectivity index (χ1n) is 6.06. The van der Waals surface area contributed by atoms with Crippen LogP contribution in [0.15, 0.2) is 34.8 Å². The molecule has 3 nitrogen and oxygen atoms in total. The summed E-state index contributed by atoms with van der Waals surface area (Å²) in [5.74, 6) is 0.838. The molecule has 1 saturated heterocycles. The van der Waals surface area contributed by atoms with E-state index in [-0.39, 0.29) is 6.10 Å². The van der Waals surface area contributed by atoms with Crippen molar-refractivity contribution in [3.8, 4) is 5.75 Å². The molecule has 2 rings (SSSR count). The molecular weight excluding hydrogens is 294 g/mol. The quantitative estimate of drug-likeness (QED) is 0.867. The van der Waals surface area contributed by atoms with Crippen molar-refractivity contribution < 1.29 is 9.47 Å². The van der Waals surface area contributed by atoms with Crippen LogP contribution in [-0.2, 0) is 4.74 Å². The van der Waals surface area contributed by atoms with E-state index >= 15 is 0 Å². The van der Waals surface area contributed by atoms with Crippen molar-refractivity contribution >= 4 is 15.9 Å².